The molecule has 2 heterocycles. The van der Waals surface area contributed by atoms with Crippen molar-refractivity contribution in [3.63, 3.8) is 0 Å². The average Bonchev–Trinajstić information content (AvgIpc) is 3.28. The highest BCUT2D eigenvalue weighted by Gasteiger charge is 2.25. The van der Waals surface area contributed by atoms with Gasteiger partial charge in [-0.05, 0) is 58.6 Å². The second-order valence-corrected chi connectivity index (χ2v) is 8.20. The van der Waals surface area contributed by atoms with Crippen LogP contribution in [0.1, 0.15) is 23.8 Å². The summed E-state index contributed by atoms with van der Waals surface area (Å²) in [6, 6.07) is 12.6. The van der Waals surface area contributed by atoms with E-state index in [9.17, 15) is 8.42 Å². The number of hydrogen-bond donors (Lipinski definition) is 0. The van der Waals surface area contributed by atoms with Gasteiger partial charge in [0.15, 0.2) is 0 Å². The molecule has 3 aromatic rings. The Bertz CT molecular complexity index is 815. The Balaban J connectivity index is 1.92. The summed E-state index contributed by atoms with van der Waals surface area (Å²) in [5.41, 5.74) is 2.09. The largest absolute Gasteiger partial charge is 0.468 e. The van der Waals surface area contributed by atoms with Crippen LogP contribution in [0.2, 0.25) is 0 Å². The van der Waals surface area contributed by atoms with Crippen molar-refractivity contribution in [3.8, 4) is 0 Å². The molecule has 4 nitrogen and oxygen atoms in total. The Hall–Kier alpha value is -1.89. The van der Waals surface area contributed by atoms with Crippen molar-refractivity contribution in [2.45, 2.75) is 31.3 Å². The second kappa shape index (κ2) is 7.34. The van der Waals surface area contributed by atoms with Crippen LogP contribution >= 0.6 is 11.3 Å². The lowest BCUT2D eigenvalue weighted by molar-refractivity contribution is 0.359. The molecular weight excluding hydrogens is 342 g/mol. The highest BCUT2D eigenvalue weighted by molar-refractivity contribution is 7.89. The summed E-state index contributed by atoms with van der Waals surface area (Å²) in [5, 5.41) is 3.91. The zero-order valence-corrected chi connectivity index (χ0v) is 15.0. The molecule has 3 rings (SSSR count). The van der Waals surface area contributed by atoms with Crippen LogP contribution in [0.4, 0.5) is 0 Å². The molecule has 2 aromatic heterocycles. The first kappa shape index (κ1) is 17.0. The summed E-state index contributed by atoms with van der Waals surface area (Å²) in [6.45, 7) is 2.58. The van der Waals surface area contributed by atoms with Gasteiger partial charge >= 0.3 is 0 Å². The number of thiophene rings is 1. The minimum Gasteiger partial charge on any atom is -0.468 e. The van der Waals surface area contributed by atoms with E-state index in [-0.39, 0.29) is 6.54 Å². The second-order valence-electron chi connectivity index (χ2n) is 5.48. The van der Waals surface area contributed by atoms with Gasteiger partial charge in [0.1, 0.15) is 5.76 Å². The summed E-state index contributed by atoms with van der Waals surface area (Å²) in [7, 11) is -3.60. The molecule has 0 aliphatic heterocycles. The van der Waals surface area contributed by atoms with E-state index in [0.29, 0.717) is 17.2 Å². The van der Waals surface area contributed by atoms with Gasteiger partial charge in [-0.25, -0.2) is 8.42 Å². The molecule has 6 heteroatoms. The van der Waals surface area contributed by atoms with Crippen LogP contribution in [-0.4, -0.2) is 12.7 Å². The molecule has 0 unspecified atom stereocenters. The maximum Gasteiger partial charge on any atom is 0.243 e. The van der Waals surface area contributed by atoms with E-state index in [0.717, 1.165) is 17.5 Å². The molecule has 1 aromatic carbocycles. The molecule has 0 saturated heterocycles. The van der Waals surface area contributed by atoms with Crippen LogP contribution in [0.5, 0.6) is 0 Å². The number of furan rings is 1. The van der Waals surface area contributed by atoms with Gasteiger partial charge in [-0.15, -0.1) is 0 Å². The molecule has 0 aliphatic carbocycles. The normalized spacial score (nSPS) is 11.9. The summed E-state index contributed by atoms with van der Waals surface area (Å²) in [4.78, 5) is 0.307. The Labute approximate surface area is 146 Å². The maximum absolute atomic E-state index is 13.1. The zero-order valence-electron chi connectivity index (χ0n) is 13.4. The third-order valence-electron chi connectivity index (χ3n) is 3.82. The molecule has 0 bridgehead atoms. The number of sulfonamides is 1. The molecule has 24 heavy (non-hydrogen) atoms. The van der Waals surface area contributed by atoms with Gasteiger partial charge in [0.05, 0.1) is 17.7 Å². The van der Waals surface area contributed by atoms with Gasteiger partial charge in [-0.2, -0.15) is 15.6 Å². The quantitative estimate of drug-likeness (QED) is 0.631. The van der Waals surface area contributed by atoms with Crippen LogP contribution < -0.4 is 0 Å². The fraction of sp³-hybridized carbons (Fsp3) is 0.222. The number of benzene rings is 1. The molecule has 0 spiro atoms. The zero-order chi connectivity index (χ0) is 17.0. The summed E-state index contributed by atoms with van der Waals surface area (Å²) >= 11 is 1.56. The van der Waals surface area contributed by atoms with Crippen molar-refractivity contribution >= 4 is 21.4 Å². The van der Waals surface area contributed by atoms with Crippen LogP contribution in [0.3, 0.4) is 0 Å². The Morgan fingerprint density at radius 3 is 2.42 bits per heavy atom. The topological polar surface area (TPSA) is 50.5 Å². The molecule has 0 atom stereocenters. The number of hydrogen-bond acceptors (Lipinski definition) is 4. The minimum absolute atomic E-state index is 0.209. The van der Waals surface area contributed by atoms with E-state index in [4.69, 9.17) is 4.42 Å². The van der Waals surface area contributed by atoms with Crippen molar-refractivity contribution in [1.29, 1.82) is 0 Å². The van der Waals surface area contributed by atoms with Crippen molar-refractivity contribution in [2.75, 3.05) is 0 Å². The average molecular weight is 361 g/mol. The van der Waals surface area contributed by atoms with Crippen LogP contribution in [0, 0.1) is 0 Å². The summed E-state index contributed by atoms with van der Waals surface area (Å²) in [5.74, 6) is 0.624. The van der Waals surface area contributed by atoms with Gasteiger partial charge in [-0.3, -0.25) is 0 Å². The Kier molecular flexibility index (Phi) is 5.18. The molecule has 0 N–H and O–H groups in total. The highest BCUT2D eigenvalue weighted by Crippen LogP contribution is 2.22. The van der Waals surface area contributed by atoms with Crippen LogP contribution in [0.15, 0.2) is 68.8 Å². The van der Waals surface area contributed by atoms with Crippen LogP contribution in [0.25, 0.3) is 0 Å². The maximum atomic E-state index is 13.1. The minimum atomic E-state index is -3.60. The third kappa shape index (κ3) is 3.77. The fourth-order valence-corrected chi connectivity index (χ4v) is 4.49. The first-order chi connectivity index (χ1) is 11.6. The molecular formula is C18H19NO3S2. The third-order valence-corrected chi connectivity index (χ3v) is 6.36. The van der Waals surface area contributed by atoms with Crippen molar-refractivity contribution in [3.05, 3.63) is 76.4 Å². The molecule has 0 aliphatic rings. The molecule has 0 saturated carbocycles. The predicted octanol–water partition coefficient (Wildman–Crippen LogP) is 4.29. The fourth-order valence-electron chi connectivity index (χ4n) is 2.43. The lowest BCUT2D eigenvalue weighted by Gasteiger charge is -2.21. The van der Waals surface area contributed by atoms with Crippen molar-refractivity contribution in [2.24, 2.45) is 0 Å². The van der Waals surface area contributed by atoms with Gasteiger partial charge in [0.2, 0.25) is 10.0 Å². The standard InChI is InChI=1S/C18H19NO3S2/c1-2-15-5-7-18(8-6-15)24(20,21)19(12-16-9-11-23-14-16)13-17-4-3-10-22-17/h3-11,14H,2,12-13H2,1H3. The van der Waals surface area contributed by atoms with E-state index >= 15 is 0 Å². The Morgan fingerprint density at radius 2 is 1.83 bits per heavy atom. The van der Waals surface area contributed by atoms with Crippen molar-refractivity contribution < 1.29 is 12.8 Å². The smallest absolute Gasteiger partial charge is 0.243 e. The Morgan fingerprint density at radius 1 is 1.04 bits per heavy atom. The van der Waals surface area contributed by atoms with E-state index in [1.165, 1.54) is 4.31 Å². The molecule has 126 valence electrons. The number of nitrogens with zero attached hydrogens (tertiary/aromatic N) is 1. The summed E-state index contributed by atoms with van der Waals surface area (Å²) in [6.07, 6.45) is 2.44. The lowest BCUT2D eigenvalue weighted by Crippen LogP contribution is -2.30. The number of rotatable bonds is 7. The molecule has 0 fully saturated rings. The molecule has 0 amide bonds. The van der Waals surface area contributed by atoms with E-state index in [1.807, 2.05) is 35.9 Å². The predicted molar refractivity (Wildman–Crippen MR) is 95.3 cm³/mol. The van der Waals surface area contributed by atoms with Gasteiger partial charge in [-0.1, -0.05) is 19.1 Å². The van der Waals surface area contributed by atoms with E-state index in [2.05, 4.69) is 0 Å². The SMILES string of the molecule is CCc1ccc(S(=O)(=O)N(Cc2ccsc2)Cc2ccco2)cc1. The van der Waals surface area contributed by atoms with Gasteiger partial charge < -0.3 is 4.42 Å². The monoisotopic (exact) mass is 361 g/mol. The van der Waals surface area contributed by atoms with E-state index < -0.39 is 10.0 Å². The van der Waals surface area contributed by atoms with Crippen molar-refractivity contribution in [1.82, 2.24) is 4.31 Å². The first-order valence-corrected chi connectivity index (χ1v) is 10.1. The lowest BCUT2D eigenvalue weighted by atomic mass is 10.2. The van der Waals surface area contributed by atoms with Gasteiger partial charge in [0.25, 0.3) is 0 Å². The highest BCUT2D eigenvalue weighted by atomic mass is 32.2. The molecule has 0 radical (unpaired) electrons. The van der Waals surface area contributed by atoms with Crippen LogP contribution in [-0.2, 0) is 29.5 Å². The first-order valence-electron chi connectivity index (χ1n) is 7.72. The number of aryl methyl sites for hydroxylation is 1. The summed E-state index contributed by atoms with van der Waals surface area (Å²) < 4.78 is 32.9. The van der Waals surface area contributed by atoms with E-state index in [1.54, 1.807) is 41.9 Å². The van der Waals surface area contributed by atoms with Gasteiger partial charge in [0, 0.05) is 6.54 Å².